The molecule has 0 heteroatoms. The molecule has 0 aromatic rings. The lowest BCUT2D eigenvalue weighted by molar-refractivity contribution is 0.249. The molecule has 0 aliphatic heterocycles. The van der Waals surface area contributed by atoms with Gasteiger partial charge in [-0.3, -0.25) is 0 Å². The van der Waals surface area contributed by atoms with E-state index in [-0.39, 0.29) is 0 Å². The molecule has 2 rings (SSSR count). The van der Waals surface area contributed by atoms with E-state index < -0.39 is 0 Å². The molecule has 21 heavy (non-hydrogen) atoms. The molecule has 0 saturated heterocycles. The third kappa shape index (κ3) is 6.85. The van der Waals surface area contributed by atoms with Gasteiger partial charge in [-0.15, -0.1) is 0 Å². The van der Waals surface area contributed by atoms with Crippen LogP contribution in [0.3, 0.4) is 0 Å². The Labute approximate surface area is 133 Å². The molecule has 120 valence electrons. The molecule has 2 aliphatic carbocycles. The van der Waals surface area contributed by atoms with Crippen molar-refractivity contribution in [2.24, 2.45) is 11.8 Å². The summed E-state index contributed by atoms with van der Waals surface area (Å²) in [5.74, 6) is 2.09. The molecule has 0 radical (unpaired) electrons. The maximum atomic E-state index is 2.46. The highest BCUT2D eigenvalue weighted by Gasteiger charge is 2.20. The van der Waals surface area contributed by atoms with Crippen molar-refractivity contribution in [2.45, 2.75) is 96.8 Å². The smallest absolute Gasteiger partial charge is 0.0280 e. The van der Waals surface area contributed by atoms with Crippen molar-refractivity contribution in [3.8, 4) is 0 Å². The first-order chi connectivity index (χ1) is 10.4. The Balaban J connectivity index is 1.51. The molecule has 0 N–H and O–H groups in total. The standard InChI is InChI=1S/C21H36/c1-2-3-4-5-7-12-20-14-17-21(18-15-20)16-13-19-10-8-6-9-11-19/h8,10-11,20-21H,2-7,9,12-18H2,1H3. The number of rotatable bonds is 9. The van der Waals surface area contributed by atoms with Crippen LogP contribution >= 0.6 is 0 Å². The minimum atomic E-state index is 1.03. The zero-order chi connectivity index (χ0) is 14.8. The van der Waals surface area contributed by atoms with E-state index >= 15 is 0 Å². The van der Waals surface area contributed by atoms with Crippen molar-refractivity contribution in [3.63, 3.8) is 0 Å². The fourth-order valence-electron chi connectivity index (χ4n) is 4.07. The number of hydrogen-bond donors (Lipinski definition) is 0. The average Bonchev–Trinajstić information content (AvgIpc) is 2.55. The number of hydrogen-bond acceptors (Lipinski definition) is 0. The van der Waals surface area contributed by atoms with Gasteiger partial charge in [0.1, 0.15) is 0 Å². The van der Waals surface area contributed by atoms with E-state index in [0.29, 0.717) is 0 Å². The predicted octanol–water partition coefficient (Wildman–Crippen LogP) is 7.21. The summed E-state index contributed by atoms with van der Waals surface area (Å²) >= 11 is 0. The van der Waals surface area contributed by atoms with Crippen molar-refractivity contribution in [1.82, 2.24) is 0 Å². The lowest BCUT2D eigenvalue weighted by Crippen LogP contribution is -2.14. The lowest BCUT2D eigenvalue weighted by Gasteiger charge is -2.28. The fraction of sp³-hybridized carbons (Fsp3) is 0.810. The maximum absolute atomic E-state index is 2.46. The number of allylic oxidation sites excluding steroid dienone is 4. The van der Waals surface area contributed by atoms with Crippen LogP contribution in [0.4, 0.5) is 0 Å². The van der Waals surface area contributed by atoms with E-state index in [9.17, 15) is 0 Å². The molecule has 0 spiro atoms. The molecule has 0 bridgehead atoms. The van der Waals surface area contributed by atoms with Crippen LogP contribution in [0.25, 0.3) is 0 Å². The average molecular weight is 289 g/mol. The second-order valence-corrected chi connectivity index (χ2v) is 7.39. The molecule has 1 saturated carbocycles. The van der Waals surface area contributed by atoms with E-state index in [2.05, 4.69) is 25.2 Å². The van der Waals surface area contributed by atoms with Gasteiger partial charge in [0, 0.05) is 0 Å². The van der Waals surface area contributed by atoms with Crippen LogP contribution in [-0.2, 0) is 0 Å². The van der Waals surface area contributed by atoms with E-state index in [1.54, 1.807) is 5.57 Å². The summed E-state index contributed by atoms with van der Waals surface area (Å²) < 4.78 is 0. The third-order valence-electron chi connectivity index (χ3n) is 5.60. The maximum Gasteiger partial charge on any atom is -0.0280 e. The third-order valence-corrected chi connectivity index (χ3v) is 5.60. The second-order valence-electron chi connectivity index (χ2n) is 7.39. The Morgan fingerprint density at radius 1 is 0.857 bits per heavy atom. The normalized spacial score (nSPS) is 25.9. The van der Waals surface area contributed by atoms with Crippen LogP contribution in [0.2, 0.25) is 0 Å². The SMILES string of the molecule is CCCCCCCC1CCC(CCC2=CCCC=C2)CC1. The van der Waals surface area contributed by atoms with Crippen LogP contribution < -0.4 is 0 Å². The molecule has 0 nitrogen and oxygen atoms in total. The summed E-state index contributed by atoms with van der Waals surface area (Å²) in [6.07, 6.45) is 27.3. The van der Waals surface area contributed by atoms with Gasteiger partial charge in [0.05, 0.1) is 0 Å². The highest BCUT2D eigenvalue weighted by molar-refractivity contribution is 5.21. The second kappa shape index (κ2) is 10.2. The van der Waals surface area contributed by atoms with Gasteiger partial charge in [-0.2, -0.15) is 0 Å². The van der Waals surface area contributed by atoms with E-state index in [0.717, 1.165) is 11.8 Å². The van der Waals surface area contributed by atoms with Crippen LogP contribution in [0.1, 0.15) is 96.8 Å². The zero-order valence-corrected chi connectivity index (χ0v) is 14.3. The van der Waals surface area contributed by atoms with Gasteiger partial charge in [-0.1, -0.05) is 94.9 Å². The van der Waals surface area contributed by atoms with Crippen LogP contribution in [-0.4, -0.2) is 0 Å². The topological polar surface area (TPSA) is 0 Å². The first kappa shape index (κ1) is 16.8. The fourth-order valence-corrected chi connectivity index (χ4v) is 4.07. The molecule has 0 amide bonds. The quantitative estimate of drug-likeness (QED) is 0.393. The van der Waals surface area contributed by atoms with Crippen LogP contribution in [0, 0.1) is 11.8 Å². The zero-order valence-electron chi connectivity index (χ0n) is 14.3. The van der Waals surface area contributed by atoms with Crippen LogP contribution in [0.15, 0.2) is 23.8 Å². The van der Waals surface area contributed by atoms with Crippen LogP contribution in [0.5, 0.6) is 0 Å². The highest BCUT2D eigenvalue weighted by atomic mass is 14.3. The van der Waals surface area contributed by atoms with Gasteiger partial charge in [-0.25, -0.2) is 0 Å². The molecule has 0 aromatic carbocycles. The van der Waals surface area contributed by atoms with Gasteiger partial charge < -0.3 is 0 Å². The summed E-state index contributed by atoms with van der Waals surface area (Å²) in [6, 6.07) is 0. The predicted molar refractivity (Wildman–Crippen MR) is 94.5 cm³/mol. The Morgan fingerprint density at radius 3 is 2.24 bits per heavy atom. The monoisotopic (exact) mass is 288 g/mol. The summed E-state index contributed by atoms with van der Waals surface area (Å²) in [7, 11) is 0. The molecule has 0 unspecified atom stereocenters. The minimum absolute atomic E-state index is 1.03. The van der Waals surface area contributed by atoms with Gasteiger partial charge in [0.2, 0.25) is 0 Å². The molecule has 1 fully saturated rings. The van der Waals surface area contributed by atoms with Crippen molar-refractivity contribution < 1.29 is 0 Å². The molecule has 0 aromatic heterocycles. The van der Waals surface area contributed by atoms with Crippen molar-refractivity contribution >= 4 is 0 Å². The lowest BCUT2D eigenvalue weighted by atomic mass is 9.77. The summed E-state index contributed by atoms with van der Waals surface area (Å²) in [5, 5.41) is 0. The first-order valence-corrected chi connectivity index (χ1v) is 9.74. The Kier molecular flexibility index (Phi) is 8.22. The molecule has 0 heterocycles. The Morgan fingerprint density at radius 2 is 1.57 bits per heavy atom. The van der Waals surface area contributed by atoms with Crippen molar-refractivity contribution in [1.29, 1.82) is 0 Å². The largest absolute Gasteiger partial charge is 0.0840 e. The van der Waals surface area contributed by atoms with E-state index in [1.165, 1.54) is 89.9 Å². The first-order valence-electron chi connectivity index (χ1n) is 9.74. The minimum Gasteiger partial charge on any atom is -0.0840 e. The summed E-state index contributed by atoms with van der Waals surface area (Å²) in [5.41, 5.74) is 1.61. The van der Waals surface area contributed by atoms with Crippen molar-refractivity contribution in [3.05, 3.63) is 23.8 Å². The van der Waals surface area contributed by atoms with E-state index in [4.69, 9.17) is 0 Å². The number of unbranched alkanes of at least 4 members (excludes halogenated alkanes) is 4. The highest BCUT2D eigenvalue weighted by Crippen LogP contribution is 2.35. The molecule has 2 aliphatic rings. The van der Waals surface area contributed by atoms with E-state index in [1.807, 2.05) is 0 Å². The molecule has 0 atom stereocenters. The van der Waals surface area contributed by atoms with Crippen molar-refractivity contribution in [2.75, 3.05) is 0 Å². The van der Waals surface area contributed by atoms with Gasteiger partial charge in [-0.05, 0) is 37.5 Å². The Hall–Kier alpha value is -0.520. The summed E-state index contributed by atoms with van der Waals surface area (Å²) in [4.78, 5) is 0. The van der Waals surface area contributed by atoms with Gasteiger partial charge in [0.15, 0.2) is 0 Å². The molecular formula is C21H36. The molecular weight excluding hydrogens is 252 g/mol. The van der Waals surface area contributed by atoms with Gasteiger partial charge in [0.25, 0.3) is 0 Å². The summed E-state index contributed by atoms with van der Waals surface area (Å²) in [6.45, 7) is 2.31. The Bertz CT molecular complexity index is 315. The van der Waals surface area contributed by atoms with Gasteiger partial charge >= 0.3 is 0 Å².